The average molecular weight is 209 g/mol. The van der Waals surface area contributed by atoms with Gasteiger partial charge < -0.3 is 4.55 Å². The van der Waals surface area contributed by atoms with Crippen molar-refractivity contribution in [1.29, 1.82) is 0 Å². The highest BCUT2D eigenvalue weighted by molar-refractivity contribution is 7.91. The van der Waals surface area contributed by atoms with Gasteiger partial charge in [-0.3, -0.25) is 5.10 Å². The summed E-state index contributed by atoms with van der Waals surface area (Å²) < 4.78 is 11.7. The van der Waals surface area contributed by atoms with Crippen molar-refractivity contribution in [1.82, 2.24) is 15.4 Å². The van der Waals surface area contributed by atoms with E-state index in [1.807, 2.05) is 25.1 Å². The second kappa shape index (κ2) is 3.98. The van der Waals surface area contributed by atoms with E-state index in [4.69, 9.17) is 0 Å². The molecular weight excluding hydrogens is 198 g/mol. The Morgan fingerprint density at radius 3 is 3.14 bits per heavy atom. The van der Waals surface area contributed by atoms with Crippen LogP contribution in [0.25, 0.3) is 11.0 Å². The van der Waals surface area contributed by atoms with Crippen molar-refractivity contribution in [3.05, 3.63) is 18.2 Å². The van der Waals surface area contributed by atoms with Crippen LogP contribution in [0.15, 0.2) is 23.1 Å². The average Bonchev–Trinajstić information content (AvgIpc) is 2.64. The van der Waals surface area contributed by atoms with Crippen LogP contribution in [0, 0.1) is 0 Å². The maximum absolute atomic E-state index is 11.7. The van der Waals surface area contributed by atoms with Gasteiger partial charge in [-0.1, -0.05) is 12.1 Å². The lowest BCUT2D eigenvalue weighted by Gasteiger charge is -2.08. The van der Waals surface area contributed by atoms with Gasteiger partial charge in [-0.2, -0.15) is 0 Å². The fourth-order valence-electron chi connectivity index (χ4n) is 1.27. The van der Waals surface area contributed by atoms with Crippen LogP contribution in [0.2, 0.25) is 0 Å². The van der Waals surface area contributed by atoms with Gasteiger partial charge in [-0.15, -0.1) is 5.10 Å². The van der Waals surface area contributed by atoms with Crippen molar-refractivity contribution in [2.75, 3.05) is 5.75 Å². The topological polar surface area (TPSA) is 64.6 Å². The van der Waals surface area contributed by atoms with Gasteiger partial charge in [0.25, 0.3) is 0 Å². The van der Waals surface area contributed by atoms with Crippen LogP contribution >= 0.6 is 0 Å². The quantitative estimate of drug-likeness (QED) is 0.778. The second-order valence-corrected chi connectivity index (χ2v) is 4.61. The zero-order chi connectivity index (χ0) is 9.97. The summed E-state index contributed by atoms with van der Waals surface area (Å²) in [5.41, 5.74) is 1.65. The van der Waals surface area contributed by atoms with Crippen LogP contribution in [-0.2, 0) is 11.2 Å². The van der Waals surface area contributed by atoms with Crippen molar-refractivity contribution < 1.29 is 4.55 Å². The van der Waals surface area contributed by atoms with Crippen LogP contribution in [-0.4, -0.2) is 25.7 Å². The van der Waals surface area contributed by atoms with Gasteiger partial charge in [0.1, 0.15) is 11.3 Å². The molecule has 1 atom stereocenters. The van der Waals surface area contributed by atoms with Crippen LogP contribution in [0.1, 0.15) is 13.3 Å². The summed E-state index contributed by atoms with van der Waals surface area (Å²) in [7, 11) is 0. The van der Waals surface area contributed by atoms with Crippen molar-refractivity contribution in [3.8, 4) is 0 Å². The molecule has 1 heterocycles. The maximum atomic E-state index is 11.7. The fourth-order valence-corrected chi connectivity index (χ4v) is 2.35. The highest BCUT2D eigenvalue weighted by Gasteiger charge is 2.10. The van der Waals surface area contributed by atoms with Crippen LogP contribution in [0.3, 0.4) is 0 Å². The number of benzene rings is 1. The highest BCUT2D eigenvalue weighted by atomic mass is 32.2. The number of aromatic amines is 1. The first kappa shape index (κ1) is 9.48. The van der Waals surface area contributed by atoms with E-state index in [1.165, 1.54) is 0 Å². The Kier molecular flexibility index (Phi) is 2.69. The first-order valence-electron chi connectivity index (χ1n) is 4.50. The van der Waals surface area contributed by atoms with E-state index in [0.717, 1.165) is 22.3 Å². The minimum atomic E-state index is -0.899. The number of rotatable bonds is 3. The molecule has 0 fully saturated rings. The Morgan fingerprint density at radius 1 is 1.50 bits per heavy atom. The minimum Gasteiger partial charge on any atom is -0.611 e. The first-order valence-corrected chi connectivity index (χ1v) is 5.82. The molecule has 4 nitrogen and oxygen atoms in total. The summed E-state index contributed by atoms with van der Waals surface area (Å²) in [6, 6.07) is 5.53. The molecule has 0 spiro atoms. The zero-order valence-electron chi connectivity index (χ0n) is 7.86. The molecule has 1 unspecified atom stereocenters. The molecule has 2 rings (SSSR count). The Labute approximate surface area is 84.9 Å². The predicted molar refractivity (Wildman–Crippen MR) is 55.5 cm³/mol. The van der Waals surface area contributed by atoms with E-state index < -0.39 is 11.2 Å². The number of aromatic nitrogens is 3. The standard InChI is InChI=1S/C9H11N3OS/c1-2-5-14(13)7-3-4-8-9(6-7)11-12-10-8/h3-4,6H,2,5H2,1H3,(H,10,11,12). The van der Waals surface area contributed by atoms with Crippen LogP contribution < -0.4 is 0 Å². The number of fused-ring (bicyclic) bond motifs is 1. The monoisotopic (exact) mass is 209 g/mol. The van der Waals surface area contributed by atoms with E-state index in [1.54, 1.807) is 0 Å². The van der Waals surface area contributed by atoms with Gasteiger partial charge in [0.2, 0.25) is 0 Å². The molecule has 2 aromatic rings. The molecular formula is C9H11N3OS. The summed E-state index contributed by atoms with van der Waals surface area (Å²) in [4.78, 5) is 0.838. The molecule has 14 heavy (non-hydrogen) atoms. The van der Waals surface area contributed by atoms with E-state index in [9.17, 15) is 4.55 Å². The summed E-state index contributed by atoms with van der Waals surface area (Å²) in [6.07, 6.45) is 0.922. The third-order valence-corrected chi connectivity index (χ3v) is 3.51. The molecule has 1 aromatic carbocycles. The minimum absolute atomic E-state index is 0.701. The van der Waals surface area contributed by atoms with Crippen molar-refractivity contribution in [2.45, 2.75) is 18.2 Å². The number of nitrogens with zero attached hydrogens (tertiary/aromatic N) is 2. The lowest BCUT2D eigenvalue weighted by Crippen LogP contribution is -2.05. The number of nitrogens with one attached hydrogen (secondary N) is 1. The molecule has 0 aliphatic carbocycles. The fraction of sp³-hybridized carbons (Fsp3) is 0.333. The molecule has 5 heteroatoms. The van der Waals surface area contributed by atoms with Crippen LogP contribution in [0.4, 0.5) is 0 Å². The zero-order valence-corrected chi connectivity index (χ0v) is 8.67. The summed E-state index contributed by atoms with van der Waals surface area (Å²) in [6.45, 7) is 2.02. The smallest absolute Gasteiger partial charge is 0.154 e. The van der Waals surface area contributed by atoms with Gasteiger partial charge in [-0.25, -0.2) is 0 Å². The lowest BCUT2D eigenvalue weighted by molar-refractivity contribution is 0.594. The van der Waals surface area contributed by atoms with E-state index >= 15 is 0 Å². The molecule has 0 amide bonds. The Hall–Kier alpha value is -1.07. The SMILES string of the molecule is CCC[S+]([O-])c1ccc2nn[nH]c2c1. The Bertz CT molecular complexity index is 429. The molecule has 0 saturated heterocycles. The van der Waals surface area contributed by atoms with E-state index in [-0.39, 0.29) is 0 Å². The molecule has 1 aromatic heterocycles. The molecule has 0 radical (unpaired) electrons. The van der Waals surface area contributed by atoms with Gasteiger partial charge in [-0.05, 0) is 29.7 Å². The van der Waals surface area contributed by atoms with Crippen molar-refractivity contribution in [3.63, 3.8) is 0 Å². The van der Waals surface area contributed by atoms with Gasteiger partial charge in [0.15, 0.2) is 4.90 Å². The van der Waals surface area contributed by atoms with Gasteiger partial charge >= 0.3 is 0 Å². The normalized spacial score (nSPS) is 13.3. The molecule has 0 aliphatic rings. The Balaban J connectivity index is 2.33. The molecule has 0 aliphatic heterocycles. The third-order valence-electron chi connectivity index (χ3n) is 1.95. The largest absolute Gasteiger partial charge is 0.611 e. The van der Waals surface area contributed by atoms with Gasteiger partial charge in [0.05, 0.1) is 5.52 Å². The summed E-state index contributed by atoms with van der Waals surface area (Å²) in [5.74, 6) is 0.701. The second-order valence-electron chi connectivity index (χ2n) is 3.04. The van der Waals surface area contributed by atoms with Crippen molar-refractivity contribution in [2.24, 2.45) is 0 Å². The first-order chi connectivity index (χ1) is 6.81. The molecule has 0 bridgehead atoms. The van der Waals surface area contributed by atoms with Crippen molar-refractivity contribution >= 4 is 22.2 Å². The van der Waals surface area contributed by atoms with E-state index in [0.29, 0.717) is 5.75 Å². The Morgan fingerprint density at radius 2 is 2.36 bits per heavy atom. The third kappa shape index (κ3) is 1.73. The number of hydrogen-bond acceptors (Lipinski definition) is 3. The summed E-state index contributed by atoms with van der Waals surface area (Å²) in [5, 5.41) is 10.3. The van der Waals surface area contributed by atoms with Crippen LogP contribution in [0.5, 0.6) is 0 Å². The highest BCUT2D eigenvalue weighted by Crippen LogP contribution is 2.16. The molecule has 0 saturated carbocycles. The van der Waals surface area contributed by atoms with E-state index in [2.05, 4.69) is 15.4 Å². The summed E-state index contributed by atoms with van der Waals surface area (Å²) >= 11 is -0.899. The predicted octanol–water partition coefficient (Wildman–Crippen LogP) is 1.48. The molecule has 1 N–H and O–H groups in total. The maximum Gasteiger partial charge on any atom is 0.154 e. The number of hydrogen-bond donors (Lipinski definition) is 1. The lowest BCUT2D eigenvalue weighted by atomic mass is 10.3. The van der Waals surface area contributed by atoms with Gasteiger partial charge in [0, 0.05) is 6.07 Å². The number of H-pyrrole nitrogens is 1. The molecule has 74 valence electrons.